The molecule has 0 saturated carbocycles. The lowest BCUT2D eigenvalue weighted by molar-refractivity contribution is -0.131. The molecule has 1 aromatic carbocycles. The summed E-state index contributed by atoms with van der Waals surface area (Å²) < 4.78 is 25.8. The third-order valence-corrected chi connectivity index (χ3v) is 5.28. The van der Waals surface area contributed by atoms with Gasteiger partial charge in [-0.25, -0.2) is 13.1 Å². The van der Waals surface area contributed by atoms with Crippen LogP contribution in [0.25, 0.3) is 11.0 Å². The van der Waals surface area contributed by atoms with Crippen LogP contribution in [0.5, 0.6) is 0 Å². The van der Waals surface area contributed by atoms with E-state index in [2.05, 4.69) is 14.9 Å². The highest BCUT2D eigenvalue weighted by molar-refractivity contribution is 7.88. The first kappa shape index (κ1) is 17.8. The van der Waals surface area contributed by atoms with E-state index in [1.165, 1.54) is 4.80 Å². The maximum atomic E-state index is 12.6. The Kier molecular flexibility index (Phi) is 4.79. The average Bonchev–Trinajstić information content (AvgIpc) is 3.08. The van der Waals surface area contributed by atoms with Crippen LogP contribution in [0.15, 0.2) is 24.3 Å². The van der Waals surface area contributed by atoms with Crippen LogP contribution in [0.3, 0.4) is 0 Å². The molecular formula is C16H23N5O3S. The lowest BCUT2D eigenvalue weighted by Crippen LogP contribution is -2.41. The second-order valence-electron chi connectivity index (χ2n) is 6.92. The van der Waals surface area contributed by atoms with E-state index < -0.39 is 10.0 Å². The van der Waals surface area contributed by atoms with Crippen molar-refractivity contribution in [3.63, 3.8) is 0 Å². The number of benzene rings is 1. The van der Waals surface area contributed by atoms with Gasteiger partial charge in [0.2, 0.25) is 15.9 Å². The molecule has 0 bridgehead atoms. The number of carbonyl (C=O) groups is 1. The van der Waals surface area contributed by atoms with E-state index in [0.29, 0.717) is 13.1 Å². The van der Waals surface area contributed by atoms with E-state index in [9.17, 15) is 13.2 Å². The maximum absolute atomic E-state index is 12.6. The van der Waals surface area contributed by atoms with Gasteiger partial charge in [0.15, 0.2) is 0 Å². The van der Waals surface area contributed by atoms with Crippen LogP contribution in [0.4, 0.5) is 0 Å². The fourth-order valence-electron chi connectivity index (χ4n) is 3.30. The SMILES string of the molecule is CC(C)C1CN(C(=O)Cn2nc3ccccc3n2)CC1NS(C)(=O)=O. The van der Waals surface area contributed by atoms with Gasteiger partial charge in [0, 0.05) is 19.1 Å². The molecule has 2 unspecified atom stereocenters. The molecule has 0 spiro atoms. The third kappa shape index (κ3) is 4.16. The molecule has 0 aliphatic carbocycles. The fourth-order valence-corrected chi connectivity index (χ4v) is 4.10. The first-order chi connectivity index (χ1) is 11.7. The molecule has 1 saturated heterocycles. The Bertz CT molecular complexity index is 844. The highest BCUT2D eigenvalue weighted by Gasteiger charge is 2.38. The van der Waals surface area contributed by atoms with Gasteiger partial charge < -0.3 is 4.90 Å². The average molecular weight is 365 g/mol. The van der Waals surface area contributed by atoms with Crippen molar-refractivity contribution in [3.05, 3.63) is 24.3 Å². The summed E-state index contributed by atoms with van der Waals surface area (Å²) in [4.78, 5) is 15.7. The summed E-state index contributed by atoms with van der Waals surface area (Å²) in [7, 11) is -3.32. The van der Waals surface area contributed by atoms with Gasteiger partial charge in [0.05, 0.1) is 6.26 Å². The second-order valence-corrected chi connectivity index (χ2v) is 8.70. The normalized spacial score (nSPS) is 21.4. The topological polar surface area (TPSA) is 97.2 Å². The molecule has 8 nitrogen and oxygen atoms in total. The van der Waals surface area contributed by atoms with E-state index in [1.807, 2.05) is 38.1 Å². The molecular weight excluding hydrogens is 342 g/mol. The molecule has 25 heavy (non-hydrogen) atoms. The van der Waals surface area contributed by atoms with Crippen LogP contribution < -0.4 is 4.72 Å². The summed E-state index contributed by atoms with van der Waals surface area (Å²) in [5.41, 5.74) is 1.49. The van der Waals surface area contributed by atoms with E-state index in [1.54, 1.807) is 4.90 Å². The van der Waals surface area contributed by atoms with Crippen LogP contribution in [0, 0.1) is 11.8 Å². The number of rotatable bonds is 5. The summed E-state index contributed by atoms with van der Waals surface area (Å²) in [6, 6.07) is 7.18. The van der Waals surface area contributed by atoms with Crippen molar-refractivity contribution in [1.29, 1.82) is 0 Å². The Labute approximate surface area is 147 Å². The van der Waals surface area contributed by atoms with Crippen molar-refractivity contribution >= 4 is 27.0 Å². The minimum absolute atomic E-state index is 0.0467. The number of nitrogens with zero attached hydrogens (tertiary/aromatic N) is 4. The zero-order valence-electron chi connectivity index (χ0n) is 14.6. The minimum atomic E-state index is -3.32. The van der Waals surface area contributed by atoms with E-state index in [0.717, 1.165) is 17.3 Å². The van der Waals surface area contributed by atoms with Crippen molar-refractivity contribution in [3.8, 4) is 0 Å². The molecule has 1 aliphatic rings. The highest BCUT2D eigenvalue weighted by atomic mass is 32.2. The molecule has 1 amide bonds. The molecule has 9 heteroatoms. The molecule has 2 atom stereocenters. The summed E-state index contributed by atoms with van der Waals surface area (Å²) in [6.07, 6.45) is 1.15. The smallest absolute Gasteiger partial charge is 0.246 e. The number of amides is 1. The van der Waals surface area contributed by atoms with Gasteiger partial charge in [-0.15, -0.1) is 0 Å². The summed E-state index contributed by atoms with van der Waals surface area (Å²) in [5.74, 6) is 0.245. The quantitative estimate of drug-likeness (QED) is 0.830. The van der Waals surface area contributed by atoms with Crippen LogP contribution >= 0.6 is 0 Å². The van der Waals surface area contributed by atoms with Crippen molar-refractivity contribution < 1.29 is 13.2 Å². The van der Waals surface area contributed by atoms with Crippen LogP contribution in [0.2, 0.25) is 0 Å². The number of aromatic nitrogens is 3. The van der Waals surface area contributed by atoms with Gasteiger partial charge in [-0.3, -0.25) is 4.79 Å². The Hall–Kier alpha value is -2.00. The number of hydrogen-bond donors (Lipinski definition) is 1. The zero-order chi connectivity index (χ0) is 18.2. The van der Waals surface area contributed by atoms with Gasteiger partial charge in [-0.2, -0.15) is 15.0 Å². The predicted octanol–water partition coefficient (Wildman–Crippen LogP) is 0.464. The number of hydrogen-bond acceptors (Lipinski definition) is 5. The Morgan fingerprint density at radius 3 is 2.36 bits per heavy atom. The Morgan fingerprint density at radius 1 is 1.24 bits per heavy atom. The first-order valence-corrected chi connectivity index (χ1v) is 10.2. The minimum Gasteiger partial charge on any atom is -0.339 e. The summed E-state index contributed by atoms with van der Waals surface area (Å²) in [6.45, 7) is 5.03. The predicted molar refractivity (Wildman–Crippen MR) is 94.2 cm³/mol. The third-order valence-electron chi connectivity index (χ3n) is 4.54. The Balaban J connectivity index is 1.71. The first-order valence-electron chi connectivity index (χ1n) is 8.28. The number of fused-ring (bicyclic) bond motifs is 1. The highest BCUT2D eigenvalue weighted by Crippen LogP contribution is 2.25. The summed E-state index contributed by atoms with van der Waals surface area (Å²) >= 11 is 0. The molecule has 1 aromatic heterocycles. The molecule has 2 aromatic rings. The molecule has 1 aliphatic heterocycles. The van der Waals surface area contributed by atoms with E-state index in [4.69, 9.17) is 0 Å². The van der Waals surface area contributed by atoms with Gasteiger partial charge in [-0.05, 0) is 24.0 Å². The van der Waals surface area contributed by atoms with Crippen LogP contribution in [0.1, 0.15) is 13.8 Å². The lowest BCUT2D eigenvalue weighted by Gasteiger charge is -2.21. The van der Waals surface area contributed by atoms with Gasteiger partial charge in [0.25, 0.3) is 0 Å². The number of carbonyl (C=O) groups excluding carboxylic acids is 1. The molecule has 2 heterocycles. The molecule has 1 fully saturated rings. The maximum Gasteiger partial charge on any atom is 0.246 e. The van der Waals surface area contributed by atoms with Gasteiger partial charge in [0.1, 0.15) is 17.6 Å². The zero-order valence-corrected chi connectivity index (χ0v) is 15.4. The lowest BCUT2D eigenvalue weighted by atomic mass is 9.92. The van der Waals surface area contributed by atoms with Crippen molar-refractivity contribution in [2.24, 2.45) is 11.8 Å². The van der Waals surface area contributed by atoms with Crippen molar-refractivity contribution in [1.82, 2.24) is 24.6 Å². The molecule has 0 radical (unpaired) electrons. The van der Waals surface area contributed by atoms with E-state index >= 15 is 0 Å². The number of sulfonamides is 1. The van der Waals surface area contributed by atoms with Crippen LogP contribution in [-0.2, 0) is 21.4 Å². The molecule has 1 N–H and O–H groups in total. The molecule has 136 valence electrons. The molecule has 3 rings (SSSR count). The summed E-state index contributed by atoms with van der Waals surface area (Å²) in [5, 5.41) is 8.61. The monoisotopic (exact) mass is 365 g/mol. The largest absolute Gasteiger partial charge is 0.339 e. The van der Waals surface area contributed by atoms with Gasteiger partial charge >= 0.3 is 0 Å². The van der Waals surface area contributed by atoms with Gasteiger partial charge in [-0.1, -0.05) is 26.0 Å². The standard InChI is InChI=1S/C16H23N5O3S/c1-11(2)12-8-20(9-15(12)19-25(3,23)24)16(22)10-21-17-13-6-4-5-7-14(13)18-21/h4-7,11-12,15,19H,8-10H2,1-3H3. The van der Waals surface area contributed by atoms with Crippen LogP contribution in [-0.4, -0.2) is 59.6 Å². The number of likely N-dealkylation sites (tertiary alicyclic amines) is 1. The number of nitrogens with one attached hydrogen (secondary N) is 1. The fraction of sp³-hybridized carbons (Fsp3) is 0.562. The Morgan fingerprint density at radius 2 is 1.84 bits per heavy atom. The van der Waals surface area contributed by atoms with E-state index in [-0.39, 0.29) is 30.3 Å². The van der Waals surface area contributed by atoms with Crippen molar-refractivity contribution in [2.75, 3.05) is 19.3 Å². The second kappa shape index (κ2) is 6.72. The van der Waals surface area contributed by atoms with Crippen molar-refractivity contribution in [2.45, 2.75) is 26.4 Å².